The Morgan fingerprint density at radius 1 is 1.39 bits per heavy atom. The van der Waals surface area contributed by atoms with Gasteiger partial charge in [0.2, 0.25) is 10.0 Å². The minimum atomic E-state index is -3.40. The van der Waals surface area contributed by atoms with Gasteiger partial charge in [-0.15, -0.1) is 0 Å². The third kappa shape index (κ3) is 4.45. The summed E-state index contributed by atoms with van der Waals surface area (Å²) in [6.45, 7) is 0.172. The predicted octanol–water partition coefficient (Wildman–Crippen LogP) is 1.92. The number of para-hydroxylation sites is 1. The van der Waals surface area contributed by atoms with Crippen LogP contribution in [0, 0.1) is 3.57 Å². The molecule has 1 N–H and O–H groups in total. The largest absolute Gasteiger partial charge is 0.481 e. The van der Waals surface area contributed by atoms with Crippen molar-refractivity contribution in [2.24, 2.45) is 0 Å². The van der Waals surface area contributed by atoms with E-state index in [1.165, 1.54) is 4.31 Å². The Kier molecular flexibility index (Phi) is 5.39. The van der Waals surface area contributed by atoms with Crippen LogP contribution < -0.4 is 4.31 Å². The molecule has 0 aliphatic rings. The molecule has 7 heteroatoms. The molecule has 0 atom stereocenters. The molecule has 0 aliphatic heterocycles. The van der Waals surface area contributed by atoms with Crippen LogP contribution in [0.4, 0.5) is 5.69 Å². The molecule has 0 aromatic heterocycles. The summed E-state index contributed by atoms with van der Waals surface area (Å²) in [5.74, 6) is -0.925. The van der Waals surface area contributed by atoms with Crippen LogP contribution in [0.2, 0.25) is 0 Å². The van der Waals surface area contributed by atoms with Crippen molar-refractivity contribution >= 4 is 44.3 Å². The number of nitrogens with zero attached hydrogens (tertiary/aromatic N) is 1. The van der Waals surface area contributed by atoms with E-state index in [9.17, 15) is 13.2 Å². The standard InChI is InChI=1S/C11H14INO4S/c1-18(16,17)13(8-4-7-11(14)15)10-6-3-2-5-9(10)12/h2-3,5-6H,4,7-8H2,1H3,(H,14,15). The first-order chi connectivity index (χ1) is 8.32. The van der Waals surface area contributed by atoms with E-state index in [1.54, 1.807) is 12.1 Å². The fraction of sp³-hybridized carbons (Fsp3) is 0.364. The molecule has 0 spiro atoms. The second-order valence-corrected chi connectivity index (χ2v) is 6.85. The molecule has 1 rings (SSSR count). The van der Waals surface area contributed by atoms with Gasteiger partial charge in [-0.25, -0.2) is 8.42 Å². The highest BCUT2D eigenvalue weighted by Crippen LogP contribution is 2.24. The SMILES string of the molecule is CS(=O)(=O)N(CCCC(=O)O)c1ccccc1I. The van der Waals surface area contributed by atoms with E-state index in [0.29, 0.717) is 5.69 Å². The van der Waals surface area contributed by atoms with Crippen LogP contribution >= 0.6 is 22.6 Å². The summed E-state index contributed by atoms with van der Waals surface area (Å²) >= 11 is 2.06. The Morgan fingerprint density at radius 3 is 2.50 bits per heavy atom. The Morgan fingerprint density at radius 2 is 2.00 bits per heavy atom. The van der Waals surface area contributed by atoms with Crippen LogP contribution in [0.25, 0.3) is 0 Å². The number of aliphatic carboxylic acids is 1. The maximum Gasteiger partial charge on any atom is 0.303 e. The van der Waals surface area contributed by atoms with Gasteiger partial charge in [0, 0.05) is 16.5 Å². The summed E-state index contributed by atoms with van der Waals surface area (Å²) < 4.78 is 25.5. The third-order valence-electron chi connectivity index (χ3n) is 2.27. The number of sulfonamides is 1. The van der Waals surface area contributed by atoms with E-state index >= 15 is 0 Å². The molecule has 0 bridgehead atoms. The minimum Gasteiger partial charge on any atom is -0.481 e. The van der Waals surface area contributed by atoms with Gasteiger partial charge in [0.15, 0.2) is 0 Å². The number of hydrogen-bond acceptors (Lipinski definition) is 3. The summed E-state index contributed by atoms with van der Waals surface area (Å²) in [6, 6.07) is 7.10. The van der Waals surface area contributed by atoms with E-state index in [-0.39, 0.29) is 19.4 Å². The van der Waals surface area contributed by atoms with Crippen LogP contribution in [0.5, 0.6) is 0 Å². The molecule has 1 aromatic carbocycles. The van der Waals surface area contributed by atoms with Gasteiger partial charge < -0.3 is 5.11 Å². The number of benzene rings is 1. The molecule has 0 amide bonds. The summed E-state index contributed by atoms with van der Waals surface area (Å²) in [5.41, 5.74) is 0.589. The highest BCUT2D eigenvalue weighted by atomic mass is 127. The van der Waals surface area contributed by atoms with Gasteiger partial charge in [-0.3, -0.25) is 9.10 Å². The molecule has 0 heterocycles. The number of carboxylic acids is 1. The average molecular weight is 383 g/mol. The maximum absolute atomic E-state index is 11.7. The number of hydrogen-bond donors (Lipinski definition) is 1. The van der Waals surface area contributed by atoms with Crippen molar-refractivity contribution in [3.05, 3.63) is 27.8 Å². The zero-order valence-corrected chi connectivity index (χ0v) is 12.8. The van der Waals surface area contributed by atoms with Gasteiger partial charge >= 0.3 is 5.97 Å². The van der Waals surface area contributed by atoms with Crippen LogP contribution in [0.1, 0.15) is 12.8 Å². The molecule has 0 aliphatic carbocycles. The minimum absolute atomic E-state index is 0.0462. The van der Waals surface area contributed by atoms with Crippen molar-refractivity contribution < 1.29 is 18.3 Å². The molecule has 0 fully saturated rings. The molecule has 5 nitrogen and oxygen atoms in total. The maximum atomic E-state index is 11.7. The fourth-order valence-electron chi connectivity index (χ4n) is 1.49. The van der Waals surface area contributed by atoms with Gasteiger partial charge in [-0.2, -0.15) is 0 Å². The second kappa shape index (κ2) is 6.37. The molecule has 0 radical (unpaired) electrons. The van der Waals surface area contributed by atoms with Gasteiger partial charge in [-0.1, -0.05) is 12.1 Å². The van der Waals surface area contributed by atoms with E-state index < -0.39 is 16.0 Å². The summed E-state index contributed by atoms with van der Waals surface area (Å²) in [7, 11) is -3.40. The summed E-state index contributed by atoms with van der Waals surface area (Å²) in [6.07, 6.45) is 1.36. The first-order valence-electron chi connectivity index (χ1n) is 5.26. The van der Waals surface area contributed by atoms with Gasteiger partial charge in [0.05, 0.1) is 11.9 Å². The van der Waals surface area contributed by atoms with Crippen LogP contribution in [-0.2, 0) is 14.8 Å². The Bertz CT molecular complexity index is 530. The lowest BCUT2D eigenvalue weighted by atomic mass is 10.3. The van der Waals surface area contributed by atoms with Gasteiger partial charge in [0.25, 0.3) is 0 Å². The zero-order valence-electron chi connectivity index (χ0n) is 9.84. The molecule has 18 heavy (non-hydrogen) atoms. The van der Waals surface area contributed by atoms with Gasteiger partial charge in [-0.05, 0) is 41.1 Å². The van der Waals surface area contributed by atoms with Crippen molar-refractivity contribution in [3.8, 4) is 0 Å². The van der Waals surface area contributed by atoms with E-state index in [2.05, 4.69) is 22.6 Å². The lowest BCUT2D eigenvalue weighted by molar-refractivity contribution is -0.137. The average Bonchev–Trinajstić information content (AvgIpc) is 2.24. The van der Waals surface area contributed by atoms with Crippen LogP contribution in [0.3, 0.4) is 0 Å². The molecular formula is C11H14INO4S. The van der Waals surface area contributed by atoms with E-state index in [0.717, 1.165) is 9.83 Å². The number of carbonyl (C=O) groups is 1. The van der Waals surface area contributed by atoms with Crippen molar-refractivity contribution in [1.29, 1.82) is 0 Å². The van der Waals surface area contributed by atoms with Crippen molar-refractivity contribution in [1.82, 2.24) is 0 Å². The van der Waals surface area contributed by atoms with Crippen molar-refractivity contribution in [2.75, 3.05) is 17.1 Å². The Balaban J connectivity index is 2.94. The number of halogens is 1. The summed E-state index contributed by atoms with van der Waals surface area (Å²) in [4.78, 5) is 10.5. The van der Waals surface area contributed by atoms with Gasteiger partial charge in [0.1, 0.15) is 0 Å². The van der Waals surface area contributed by atoms with Crippen molar-refractivity contribution in [3.63, 3.8) is 0 Å². The predicted molar refractivity (Wildman–Crippen MR) is 78.2 cm³/mol. The lowest BCUT2D eigenvalue weighted by Crippen LogP contribution is -2.31. The number of anilines is 1. The summed E-state index contributed by atoms with van der Waals surface area (Å²) in [5, 5.41) is 8.58. The second-order valence-electron chi connectivity index (χ2n) is 3.78. The lowest BCUT2D eigenvalue weighted by Gasteiger charge is -2.23. The topological polar surface area (TPSA) is 74.7 Å². The molecule has 100 valence electrons. The van der Waals surface area contributed by atoms with Crippen molar-refractivity contribution in [2.45, 2.75) is 12.8 Å². The van der Waals surface area contributed by atoms with Crippen LogP contribution in [0.15, 0.2) is 24.3 Å². The number of rotatable bonds is 6. The Hall–Kier alpha value is -0.830. The smallest absolute Gasteiger partial charge is 0.303 e. The first-order valence-corrected chi connectivity index (χ1v) is 8.19. The van der Waals surface area contributed by atoms with Crippen LogP contribution in [-0.4, -0.2) is 32.3 Å². The van der Waals surface area contributed by atoms with E-state index in [1.807, 2.05) is 12.1 Å². The number of carboxylic acid groups (broad SMARTS) is 1. The fourth-order valence-corrected chi connectivity index (χ4v) is 3.31. The first kappa shape index (κ1) is 15.2. The third-order valence-corrected chi connectivity index (χ3v) is 4.37. The molecule has 0 unspecified atom stereocenters. The molecule has 0 saturated carbocycles. The quantitative estimate of drug-likeness (QED) is 0.762. The molecular weight excluding hydrogens is 369 g/mol. The Labute approximate surface area is 120 Å². The monoisotopic (exact) mass is 383 g/mol. The highest BCUT2D eigenvalue weighted by molar-refractivity contribution is 14.1. The molecule has 0 saturated heterocycles. The van der Waals surface area contributed by atoms with E-state index in [4.69, 9.17) is 5.11 Å². The highest BCUT2D eigenvalue weighted by Gasteiger charge is 2.19. The normalized spacial score (nSPS) is 11.2. The zero-order chi connectivity index (χ0) is 13.8. The molecule has 1 aromatic rings.